The Bertz CT molecular complexity index is 468. The molecule has 1 atom stereocenters. The largest absolute Gasteiger partial charge is 0.386 e. The molecule has 1 rings (SSSR count). The van der Waals surface area contributed by atoms with Crippen molar-refractivity contribution in [3.63, 3.8) is 0 Å². The monoisotopic (exact) mass is 366 g/mol. The topological polar surface area (TPSA) is 29.5 Å². The van der Waals surface area contributed by atoms with Crippen LogP contribution < -0.4 is 0 Å². The summed E-state index contributed by atoms with van der Waals surface area (Å²) in [5, 5.41) is 9.48. The second kappa shape index (κ2) is 6.77. The summed E-state index contributed by atoms with van der Waals surface area (Å²) in [6.45, 7) is -2.62. The summed E-state index contributed by atoms with van der Waals surface area (Å²) in [5.41, 5.74) is -0.792. The molecule has 0 aromatic heterocycles. The number of halogens is 7. The molecule has 114 valence electrons. The lowest BCUT2D eigenvalue weighted by Gasteiger charge is -2.18. The van der Waals surface area contributed by atoms with Crippen LogP contribution in [0.25, 0.3) is 0 Å². The molecule has 0 aliphatic rings. The van der Waals surface area contributed by atoms with E-state index in [4.69, 9.17) is 0 Å². The van der Waals surface area contributed by atoms with Gasteiger partial charge in [0.2, 0.25) is 0 Å². The van der Waals surface area contributed by atoms with Crippen molar-refractivity contribution in [2.75, 3.05) is 13.2 Å². The van der Waals surface area contributed by atoms with Crippen molar-refractivity contribution < 1.29 is 36.2 Å². The number of benzene rings is 1. The van der Waals surface area contributed by atoms with Crippen LogP contribution in [0.4, 0.5) is 26.3 Å². The molecule has 0 amide bonds. The van der Waals surface area contributed by atoms with Crippen LogP contribution in [0.15, 0.2) is 16.6 Å². The maximum Gasteiger partial charge on any atom is 0.330 e. The van der Waals surface area contributed by atoms with E-state index >= 15 is 0 Å². The highest BCUT2D eigenvalue weighted by atomic mass is 79.9. The maximum absolute atomic E-state index is 13.5. The number of hydrogen-bond acceptors (Lipinski definition) is 2. The van der Waals surface area contributed by atoms with Gasteiger partial charge in [-0.3, -0.25) is 0 Å². The molecule has 0 saturated heterocycles. The number of ether oxygens (including phenoxy) is 1. The SMILES string of the molecule is OC(COCC(F)(F)C(F)F)c1c(F)ccc(Br)c1F. The molecule has 20 heavy (non-hydrogen) atoms. The summed E-state index contributed by atoms with van der Waals surface area (Å²) >= 11 is 2.75. The fourth-order valence-electron chi connectivity index (χ4n) is 1.30. The molecule has 1 N–H and O–H groups in total. The molecular formula is C11H9BrF6O2. The first-order valence-corrected chi connectivity index (χ1v) is 6.01. The summed E-state index contributed by atoms with van der Waals surface area (Å²) in [7, 11) is 0. The second-order valence-corrected chi connectivity index (χ2v) is 4.70. The van der Waals surface area contributed by atoms with E-state index in [1.165, 1.54) is 0 Å². The highest BCUT2D eigenvalue weighted by molar-refractivity contribution is 9.10. The van der Waals surface area contributed by atoms with Crippen molar-refractivity contribution >= 4 is 15.9 Å². The van der Waals surface area contributed by atoms with Gasteiger partial charge >= 0.3 is 12.3 Å². The lowest BCUT2D eigenvalue weighted by molar-refractivity contribution is -0.171. The predicted octanol–water partition coefficient (Wildman–Crippen LogP) is 3.68. The Hall–Kier alpha value is -0.800. The van der Waals surface area contributed by atoms with Crippen molar-refractivity contribution in [3.8, 4) is 0 Å². The summed E-state index contributed by atoms with van der Waals surface area (Å²) < 4.78 is 79.6. The van der Waals surface area contributed by atoms with E-state index in [0.29, 0.717) is 0 Å². The van der Waals surface area contributed by atoms with Crippen molar-refractivity contribution in [2.45, 2.75) is 18.5 Å². The van der Waals surface area contributed by atoms with Gasteiger partial charge in [0.05, 0.1) is 16.6 Å². The number of alkyl halides is 4. The van der Waals surface area contributed by atoms with Gasteiger partial charge in [0.15, 0.2) is 0 Å². The van der Waals surface area contributed by atoms with Gasteiger partial charge in [-0.15, -0.1) is 0 Å². The molecule has 0 aliphatic carbocycles. The molecule has 0 aliphatic heterocycles. The summed E-state index contributed by atoms with van der Waals surface area (Å²) in [6, 6.07) is 1.90. The third kappa shape index (κ3) is 4.10. The van der Waals surface area contributed by atoms with E-state index in [0.717, 1.165) is 12.1 Å². The number of aliphatic hydroxyl groups excluding tert-OH is 1. The lowest BCUT2D eigenvalue weighted by Crippen LogP contribution is -2.33. The van der Waals surface area contributed by atoms with E-state index in [2.05, 4.69) is 20.7 Å². The van der Waals surface area contributed by atoms with E-state index in [1.807, 2.05) is 0 Å². The first kappa shape index (κ1) is 17.3. The fourth-order valence-corrected chi connectivity index (χ4v) is 1.65. The average Bonchev–Trinajstić information content (AvgIpc) is 2.34. The first-order valence-electron chi connectivity index (χ1n) is 5.22. The van der Waals surface area contributed by atoms with E-state index in [-0.39, 0.29) is 4.47 Å². The molecule has 0 fully saturated rings. The Balaban J connectivity index is 2.69. The molecule has 9 heteroatoms. The quantitative estimate of drug-likeness (QED) is 0.614. The minimum atomic E-state index is -4.39. The summed E-state index contributed by atoms with van der Waals surface area (Å²) in [6.07, 6.45) is -5.83. The molecular weight excluding hydrogens is 358 g/mol. The van der Waals surface area contributed by atoms with Crippen LogP contribution in [-0.2, 0) is 4.74 Å². The van der Waals surface area contributed by atoms with Gasteiger partial charge in [-0.1, -0.05) is 0 Å². The van der Waals surface area contributed by atoms with Gasteiger partial charge in [0.25, 0.3) is 0 Å². The number of hydrogen-bond donors (Lipinski definition) is 1. The Kier molecular flexibility index (Phi) is 5.84. The van der Waals surface area contributed by atoms with Crippen LogP contribution in [0, 0.1) is 11.6 Å². The average molecular weight is 367 g/mol. The molecule has 1 unspecified atom stereocenters. The second-order valence-electron chi connectivity index (χ2n) is 3.85. The van der Waals surface area contributed by atoms with Crippen LogP contribution in [0.2, 0.25) is 0 Å². The molecule has 1 aromatic rings. The van der Waals surface area contributed by atoms with Gasteiger partial charge in [0, 0.05) is 0 Å². The van der Waals surface area contributed by atoms with Crippen LogP contribution in [0.1, 0.15) is 11.7 Å². The molecule has 0 spiro atoms. The standard InChI is InChI=1S/C11H9BrF6O2/c12-5-1-2-6(13)8(9(5)14)7(19)3-20-4-11(17,18)10(15)16/h1-2,7,10,19H,3-4H2. The Morgan fingerprint density at radius 2 is 1.85 bits per heavy atom. The smallest absolute Gasteiger partial charge is 0.330 e. The van der Waals surface area contributed by atoms with Gasteiger partial charge < -0.3 is 9.84 Å². The van der Waals surface area contributed by atoms with Crippen LogP contribution >= 0.6 is 15.9 Å². The highest BCUT2D eigenvalue weighted by Crippen LogP contribution is 2.28. The third-order valence-corrected chi connectivity index (χ3v) is 2.91. The fraction of sp³-hybridized carbons (Fsp3) is 0.455. The van der Waals surface area contributed by atoms with Crippen molar-refractivity contribution in [1.29, 1.82) is 0 Å². The van der Waals surface area contributed by atoms with Crippen molar-refractivity contribution in [2.24, 2.45) is 0 Å². The van der Waals surface area contributed by atoms with Gasteiger partial charge in [0.1, 0.15) is 24.3 Å². The van der Waals surface area contributed by atoms with E-state index in [1.54, 1.807) is 0 Å². The molecule has 2 nitrogen and oxygen atoms in total. The first-order chi connectivity index (χ1) is 9.16. The van der Waals surface area contributed by atoms with Crippen LogP contribution in [0.5, 0.6) is 0 Å². The Labute approximate surface area is 118 Å². The van der Waals surface area contributed by atoms with Crippen molar-refractivity contribution in [3.05, 3.63) is 33.8 Å². The zero-order valence-electron chi connectivity index (χ0n) is 9.72. The number of rotatable bonds is 6. The van der Waals surface area contributed by atoms with E-state index < -0.39 is 48.9 Å². The van der Waals surface area contributed by atoms with Gasteiger partial charge in [-0.05, 0) is 28.1 Å². The number of aliphatic hydroxyl groups is 1. The minimum absolute atomic E-state index is 0.147. The van der Waals surface area contributed by atoms with Gasteiger partial charge in [-0.25, -0.2) is 17.6 Å². The van der Waals surface area contributed by atoms with E-state index in [9.17, 15) is 31.4 Å². The zero-order valence-corrected chi connectivity index (χ0v) is 11.3. The van der Waals surface area contributed by atoms with Crippen molar-refractivity contribution in [1.82, 2.24) is 0 Å². The molecule has 0 saturated carbocycles. The highest BCUT2D eigenvalue weighted by Gasteiger charge is 2.41. The van der Waals surface area contributed by atoms with Crippen LogP contribution in [0.3, 0.4) is 0 Å². The Morgan fingerprint density at radius 1 is 1.25 bits per heavy atom. The Morgan fingerprint density at radius 3 is 2.40 bits per heavy atom. The normalized spacial score (nSPS) is 13.8. The molecule has 0 heterocycles. The predicted molar refractivity (Wildman–Crippen MR) is 60.8 cm³/mol. The molecule has 0 radical (unpaired) electrons. The lowest BCUT2D eigenvalue weighted by atomic mass is 10.1. The maximum atomic E-state index is 13.5. The zero-order chi connectivity index (χ0) is 15.5. The molecule has 0 bridgehead atoms. The summed E-state index contributed by atoms with van der Waals surface area (Å²) in [5.74, 6) is -6.63. The molecule has 1 aromatic carbocycles. The van der Waals surface area contributed by atoms with Crippen LogP contribution in [-0.4, -0.2) is 30.7 Å². The summed E-state index contributed by atoms with van der Waals surface area (Å²) in [4.78, 5) is 0. The minimum Gasteiger partial charge on any atom is -0.386 e. The third-order valence-electron chi connectivity index (χ3n) is 2.30. The van der Waals surface area contributed by atoms with Gasteiger partial charge in [-0.2, -0.15) is 8.78 Å².